The minimum Gasteiger partial charge on any atom is -0.508 e. The van der Waals surface area contributed by atoms with Crippen molar-refractivity contribution in [2.24, 2.45) is 0 Å². The standard InChI is InChI=1S/C33H40O18/c1-10-19(36)23(40)26(43)31(45-10)48-15-8-16(35)18-17(9-15)49-28(13-4-6-14(34)7-5-13)29(22(18)39)50-33-30(25(42)21(38)12(3)47-33)51-32-27(44)24(41)20(37)11(2)46-32/h4-12,19-21,23-27,30-38,40-44H,1-3H3/t10-,11-,12-,19-,20-,21-,23+,24+,25+,26+,27+,30+,31-,32-,33-/m0/s1. The van der Waals surface area contributed by atoms with Crippen LogP contribution in [0.25, 0.3) is 22.3 Å². The molecule has 18 nitrogen and oxygen atoms in total. The third-order valence-corrected chi connectivity index (χ3v) is 9.21. The van der Waals surface area contributed by atoms with Crippen molar-refractivity contribution in [2.75, 3.05) is 0 Å². The Balaban J connectivity index is 1.40. The lowest BCUT2D eigenvalue weighted by Gasteiger charge is -2.45. The molecule has 280 valence electrons. The zero-order chi connectivity index (χ0) is 37.0. The second-order valence-corrected chi connectivity index (χ2v) is 12.8. The number of aliphatic hydroxyl groups is 8. The van der Waals surface area contributed by atoms with Crippen LogP contribution in [0.15, 0.2) is 45.6 Å². The van der Waals surface area contributed by atoms with Crippen LogP contribution in [0.5, 0.6) is 23.0 Å². The first kappa shape index (κ1) is 37.1. The van der Waals surface area contributed by atoms with Crippen LogP contribution in [0.2, 0.25) is 0 Å². The molecule has 51 heavy (non-hydrogen) atoms. The lowest BCUT2D eigenvalue weighted by Crippen LogP contribution is -2.63. The molecule has 0 spiro atoms. The van der Waals surface area contributed by atoms with Gasteiger partial charge in [-0.25, -0.2) is 0 Å². The van der Waals surface area contributed by atoms with Gasteiger partial charge in [0.2, 0.25) is 23.8 Å². The molecule has 0 amide bonds. The Hall–Kier alpha value is -3.63. The van der Waals surface area contributed by atoms with Crippen LogP contribution in [0, 0.1) is 0 Å². The summed E-state index contributed by atoms with van der Waals surface area (Å²) in [5.74, 6) is -1.85. The Labute approximate surface area is 288 Å². The van der Waals surface area contributed by atoms with Crippen molar-refractivity contribution in [1.82, 2.24) is 0 Å². The maximum atomic E-state index is 14.2. The fourth-order valence-corrected chi connectivity index (χ4v) is 6.12. The molecule has 0 saturated carbocycles. The van der Waals surface area contributed by atoms with Gasteiger partial charge in [0.25, 0.3) is 0 Å². The summed E-state index contributed by atoms with van der Waals surface area (Å²) >= 11 is 0. The van der Waals surface area contributed by atoms with Crippen LogP contribution >= 0.6 is 0 Å². The van der Waals surface area contributed by atoms with E-state index in [2.05, 4.69) is 0 Å². The summed E-state index contributed by atoms with van der Waals surface area (Å²) in [6.45, 7) is 4.25. The summed E-state index contributed by atoms with van der Waals surface area (Å²) in [6.07, 6.45) is -22.7. The molecule has 0 aliphatic carbocycles. The highest BCUT2D eigenvalue weighted by Crippen LogP contribution is 2.39. The highest BCUT2D eigenvalue weighted by Gasteiger charge is 2.50. The van der Waals surface area contributed by atoms with E-state index in [1.165, 1.54) is 51.1 Å². The van der Waals surface area contributed by atoms with Gasteiger partial charge in [0.05, 0.1) is 18.3 Å². The Morgan fingerprint density at radius 1 is 0.608 bits per heavy atom. The highest BCUT2D eigenvalue weighted by atomic mass is 16.8. The Morgan fingerprint density at radius 3 is 1.75 bits per heavy atom. The van der Waals surface area contributed by atoms with Crippen LogP contribution in [-0.2, 0) is 18.9 Å². The minimum absolute atomic E-state index is 0.132. The molecule has 6 rings (SSSR count). The Bertz CT molecular complexity index is 1750. The summed E-state index contributed by atoms with van der Waals surface area (Å²) < 4.78 is 40.3. The average Bonchev–Trinajstić information content (AvgIpc) is 3.09. The number of phenolic OH excluding ortho intramolecular Hbond substituents is 2. The van der Waals surface area contributed by atoms with Crippen molar-refractivity contribution in [3.8, 4) is 34.3 Å². The van der Waals surface area contributed by atoms with E-state index in [1.807, 2.05) is 0 Å². The van der Waals surface area contributed by atoms with Gasteiger partial charge in [-0.15, -0.1) is 0 Å². The zero-order valence-electron chi connectivity index (χ0n) is 27.4. The maximum Gasteiger partial charge on any atom is 0.239 e. The number of aliphatic hydroxyl groups excluding tert-OH is 8. The lowest BCUT2D eigenvalue weighted by molar-refractivity contribution is -0.352. The van der Waals surface area contributed by atoms with Gasteiger partial charge in [-0.1, -0.05) is 0 Å². The van der Waals surface area contributed by atoms with E-state index in [0.29, 0.717) is 0 Å². The van der Waals surface area contributed by atoms with Gasteiger partial charge >= 0.3 is 0 Å². The number of rotatable bonds is 7. The number of fused-ring (bicyclic) bond motifs is 1. The van der Waals surface area contributed by atoms with Crippen LogP contribution < -0.4 is 14.9 Å². The van der Waals surface area contributed by atoms with Crippen molar-refractivity contribution in [2.45, 2.75) is 113 Å². The van der Waals surface area contributed by atoms with Gasteiger partial charge in [0.15, 0.2) is 18.2 Å². The van der Waals surface area contributed by atoms with E-state index in [4.69, 9.17) is 32.8 Å². The monoisotopic (exact) mass is 724 g/mol. The summed E-state index contributed by atoms with van der Waals surface area (Å²) in [6, 6.07) is 7.54. The molecule has 3 saturated heterocycles. The molecule has 3 aromatic rings. The highest BCUT2D eigenvalue weighted by molar-refractivity contribution is 5.88. The second-order valence-electron chi connectivity index (χ2n) is 12.8. The first-order chi connectivity index (χ1) is 24.1. The third kappa shape index (κ3) is 6.98. The molecule has 3 aliphatic heterocycles. The van der Waals surface area contributed by atoms with Gasteiger partial charge in [-0.3, -0.25) is 4.79 Å². The summed E-state index contributed by atoms with van der Waals surface area (Å²) in [5, 5.41) is 104. The van der Waals surface area contributed by atoms with Crippen molar-refractivity contribution >= 4 is 11.0 Å². The molecule has 4 heterocycles. The normalized spacial score (nSPS) is 38.8. The van der Waals surface area contributed by atoms with Gasteiger partial charge in [0.1, 0.15) is 77.0 Å². The predicted molar refractivity (Wildman–Crippen MR) is 168 cm³/mol. The quantitative estimate of drug-likeness (QED) is 0.128. The van der Waals surface area contributed by atoms with Gasteiger partial charge in [0, 0.05) is 17.7 Å². The topological polar surface area (TPSA) is 288 Å². The third-order valence-electron chi connectivity index (χ3n) is 9.21. The fraction of sp³-hybridized carbons (Fsp3) is 0.545. The molecule has 0 radical (unpaired) electrons. The Morgan fingerprint density at radius 2 is 1.14 bits per heavy atom. The van der Waals surface area contributed by atoms with Crippen LogP contribution in [0.1, 0.15) is 20.8 Å². The number of benzene rings is 2. The smallest absolute Gasteiger partial charge is 0.239 e. The van der Waals surface area contributed by atoms with E-state index in [0.717, 1.165) is 6.07 Å². The molecule has 3 aliphatic rings. The van der Waals surface area contributed by atoms with Gasteiger partial charge < -0.3 is 83.9 Å². The molecular formula is C33H40O18. The van der Waals surface area contributed by atoms with E-state index < -0.39 is 114 Å². The minimum atomic E-state index is -1.82. The van der Waals surface area contributed by atoms with E-state index >= 15 is 0 Å². The van der Waals surface area contributed by atoms with Gasteiger partial charge in [-0.2, -0.15) is 0 Å². The van der Waals surface area contributed by atoms with E-state index in [1.54, 1.807) is 0 Å². The SMILES string of the molecule is C[C@@H]1O[C@@H](Oc2cc(O)c3c(=O)c(O[C@@H]4O[C@@H](C)[C@H](O)[C@@H](O)[C@H]4O[C@@H]4O[C@@H](C)[C@H](O)[C@@H](O)[C@H]4O)c(-c4ccc(O)cc4)oc3c2)[C@H](O)[C@H](O)[C@H]1O. The largest absolute Gasteiger partial charge is 0.508 e. The Kier molecular flexibility index (Phi) is 10.5. The number of ether oxygens (including phenoxy) is 6. The first-order valence-electron chi connectivity index (χ1n) is 16.1. The van der Waals surface area contributed by atoms with Crippen molar-refractivity contribution in [3.05, 3.63) is 46.6 Å². The number of phenols is 2. The lowest BCUT2D eigenvalue weighted by atomic mass is 9.98. The first-order valence-corrected chi connectivity index (χ1v) is 16.1. The molecule has 2 aromatic carbocycles. The molecular weight excluding hydrogens is 684 g/mol. The summed E-state index contributed by atoms with van der Waals surface area (Å²) in [4.78, 5) is 14.2. The fourth-order valence-electron chi connectivity index (χ4n) is 6.12. The molecule has 3 fully saturated rings. The maximum absolute atomic E-state index is 14.2. The van der Waals surface area contributed by atoms with Crippen LogP contribution in [0.4, 0.5) is 0 Å². The average molecular weight is 725 g/mol. The predicted octanol–water partition coefficient (Wildman–Crippen LogP) is -1.86. The molecule has 0 bridgehead atoms. The number of hydrogen-bond acceptors (Lipinski definition) is 18. The van der Waals surface area contributed by atoms with E-state index in [9.17, 15) is 55.9 Å². The number of aromatic hydroxyl groups is 2. The molecule has 0 unspecified atom stereocenters. The molecule has 10 N–H and O–H groups in total. The van der Waals surface area contributed by atoms with Crippen molar-refractivity contribution in [1.29, 1.82) is 0 Å². The van der Waals surface area contributed by atoms with Gasteiger partial charge in [-0.05, 0) is 45.0 Å². The second kappa shape index (κ2) is 14.4. The summed E-state index contributed by atoms with van der Waals surface area (Å²) in [7, 11) is 0. The number of hydrogen-bond donors (Lipinski definition) is 10. The molecule has 1 aromatic heterocycles. The van der Waals surface area contributed by atoms with Crippen LogP contribution in [0.3, 0.4) is 0 Å². The van der Waals surface area contributed by atoms with E-state index in [-0.39, 0.29) is 28.4 Å². The summed E-state index contributed by atoms with van der Waals surface area (Å²) in [5.41, 5.74) is -1.06. The molecule has 18 heteroatoms. The van der Waals surface area contributed by atoms with Crippen LogP contribution in [-0.4, -0.2) is 143 Å². The zero-order valence-corrected chi connectivity index (χ0v) is 27.4. The van der Waals surface area contributed by atoms with Crippen molar-refractivity contribution in [3.63, 3.8) is 0 Å². The molecule has 15 atom stereocenters. The van der Waals surface area contributed by atoms with Crippen molar-refractivity contribution < 1.29 is 83.9 Å².